The van der Waals surface area contributed by atoms with Crippen LogP contribution in [0.4, 0.5) is 5.69 Å². The predicted molar refractivity (Wildman–Crippen MR) is 91.9 cm³/mol. The molecule has 2 rings (SSSR count). The van der Waals surface area contributed by atoms with E-state index in [9.17, 15) is 4.79 Å². The van der Waals surface area contributed by atoms with Gasteiger partial charge in [-0.2, -0.15) is 0 Å². The van der Waals surface area contributed by atoms with Crippen molar-refractivity contribution in [2.75, 3.05) is 6.61 Å². The predicted octanol–water partition coefficient (Wildman–Crippen LogP) is 4.42. The first kappa shape index (κ1) is 17.0. The summed E-state index contributed by atoms with van der Waals surface area (Å²) >= 11 is 5.84. The van der Waals surface area contributed by atoms with Crippen molar-refractivity contribution in [3.63, 3.8) is 0 Å². The SMILES string of the molecule is CCOC(=O)C(C)Oc1ccc(N=Cc2ccc(Cl)cc2)cc1. The Morgan fingerprint density at radius 1 is 1.17 bits per heavy atom. The number of aliphatic imine (C=N–C) groups is 1. The third kappa shape index (κ3) is 5.42. The second-order valence-corrected chi connectivity index (χ2v) is 5.25. The summed E-state index contributed by atoms with van der Waals surface area (Å²) in [6.45, 7) is 3.76. The van der Waals surface area contributed by atoms with Gasteiger partial charge >= 0.3 is 5.97 Å². The van der Waals surface area contributed by atoms with E-state index in [1.807, 2.05) is 36.4 Å². The van der Waals surface area contributed by atoms with Crippen molar-refractivity contribution < 1.29 is 14.3 Å². The third-order valence-corrected chi connectivity index (χ3v) is 3.25. The highest BCUT2D eigenvalue weighted by atomic mass is 35.5. The van der Waals surface area contributed by atoms with Crippen molar-refractivity contribution in [1.82, 2.24) is 0 Å². The first-order valence-corrected chi connectivity index (χ1v) is 7.69. The molecule has 5 heteroatoms. The number of rotatable bonds is 6. The number of halogens is 1. The average molecular weight is 332 g/mol. The van der Waals surface area contributed by atoms with E-state index in [1.54, 1.807) is 32.2 Å². The summed E-state index contributed by atoms with van der Waals surface area (Å²) in [5.74, 6) is 0.216. The smallest absolute Gasteiger partial charge is 0.347 e. The number of carbonyl (C=O) groups excluding carboxylic acids is 1. The molecule has 0 aromatic heterocycles. The van der Waals surface area contributed by atoms with Crippen LogP contribution in [0.3, 0.4) is 0 Å². The van der Waals surface area contributed by atoms with Crippen molar-refractivity contribution in [3.8, 4) is 5.75 Å². The van der Waals surface area contributed by atoms with Gasteiger partial charge in [0, 0.05) is 11.2 Å². The minimum absolute atomic E-state index is 0.338. The number of esters is 1. The van der Waals surface area contributed by atoms with Gasteiger partial charge in [0.1, 0.15) is 5.75 Å². The van der Waals surface area contributed by atoms with Crippen LogP contribution in [0.1, 0.15) is 19.4 Å². The summed E-state index contributed by atoms with van der Waals surface area (Å²) in [6.07, 6.45) is 1.12. The molecule has 0 amide bonds. The number of carbonyl (C=O) groups is 1. The molecule has 0 N–H and O–H groups in total. The van der Waals surface area contributed by atoms with Crippen LogP contribution in [0.15, 0.2) is 53.5 Å². The summed E-state index contributed by atoms with van der Waals surface area (Å²) < 4.78 is 10.4. The molecule has 2 aromatic rings. The van der Waals surface area contributed by atoms with Crippen LogP contribution in [0.5, 0.6) is 5.75 Å². The largest absolute Gasteiger partial charge is 0.479 e. The normalized spacial score (nSPS) is 12.1. The summed E-state index contributed by atoms with van der Waals surface area (Å²) in [7, 11) is 0. The maximum atomic E-state index is 11.5. The molecule has 120 valence electrons. The Labute approximate surface area is 140 Å². The van der Waals surface area contributed by atoms with Crippen LogP contribution in [-0.2, 0) is 9.53 Å². The van der Waals surface area contributed by atoms with Crippen molar-refractivity contribution in [1.29, 1.82) is 0 Å². The van der Waals surface area contributed by atoms with E-state index in [2.05, 4.69) is 4.99 Å². The van der Waals surface area contributed by atoms with Gasteiger partial charge in [-0.1, -0.05) is 23.7 Å². The molecule has 0 aliphatic heterocycles. The van der Waals surface area contributed by atoms with Crippen LogP contribution in [0, 0.1) is 0 Å². The van der Waals surface area contributed by atoms with Crippen molar-refractivity contribution in [2.45, 2.75) is 20.0 Å². The van der Waals surface area contributed by atoms with Gasteiger partial charge in [0.25, 0.3) is 0 Å². The number of ether oxygens (including phenoxy) is 2. The Balaban J connectivity index is 1.96. The van der Waals surface area contributed by atoms with Crippen molar-refractivity contribution >= 4 is 29.5 Å². The second-order valence-electron chi connectivity index (χ2n) is 4.82. The number of hydrogen-bond acceptors (Lipinski definition) is 4. The van der Waals surface area contributed by atoms with E-state index in [-0.39, 0.29) is 5.97 Å². The molecule has 0 heterocycles. The highest BCUT2D eigenvalue weighted by Gasteiger charge is 2.15. The molecule has 23 heavy (non-hydrogen) atoms. The Hall–Kier alpha value is -2.33. The summed E-state index contributed by atoms with van der Waals surface area (Å²) in [5, 5.41) is 0.694. The summed E-state index contributed by atoms with van der Waals surface area (Å²) in [6, 6.07) is 14.6. The quantitative estimate of drug-likeness (QED) is 0.581. The van der Waals surface area contributed by atoms with Gasteiger partial charge in [-0.15, -0.1) is 0 Å². The van der Waals surface area contributed by atoms with Crippen molar-refractivity contribution in [3.05, 3.63) is 59.1 Å². The number of hydrogen-bond donors (Lipinski definition) is 0. The van der Waals surface area contributed by atoms with Crippen LogP contribution in [-0.4, -0.2) is 24.9 Å². The van der Waals surface area contributed by atoms with Gasteiger partial charge in [-0.05, 0) is 55.8 Å². The molecule has 4 nitrogen and oxygen atoms in total. The molecule has 0 aliphatic rings. The molecule has 0 fully saturated rings. The van der Waals surface area contributed by atoms with Gasteiger partial charge in [-0.3, -0.25) is 4.99 Å². The van der Waals surface area contributed by atoms with Crippen LogP contribution in [0.25, 0.3) is 0 Å². The zero-order valence-electron chi connectivity index (χ0n) is 13.0. The molecule has 0 radical (unpaired) electrons. The maximum Gasteiger partial charge on any atom is 0.347 e. The molecular weight excluding hydrogens is 314 g/mol. The molecule has 0 saturated heterocycles. The van der Waals surface area contributed by atoms with Gasteiger partial charge in [0.2, 0.25) is 0 Å². The molecule has 0 spiro atoms. The highest BCUT2D eigenvalue weighted by molar-refractivity contribution is 6.30. The molecule has 0 saturated carbocycles. The highest BCUT2D eigenvalue weighted by Crippen LogP contribution is 2.19. The zero-order chi connectivity index (χ0) is 16.7. The lowest BCUT2D eigenvalue weighted by Gasteiger charge is -2.13. The van der Waals surface area contributed by atoms with Gasteiger partial charge in [-0.25, -0.2) is 4.79 Å². The van der Waals surface area contributed by atoms with Crippen molar-refractivity contribution in [2.24, 2.45) is 4.99 Å². The molecular formula is C18H18ClNO3. The van der Waals surface area contributed by atoms with E-state index in [4.69, 9.17) is 21.1 Å². The van der Waals surface area contributed by atoms with Gasteiger partial charge < -0.3 is 9.47 Å². The van der Waals surface area contributed by atoms with Crippen LogP contribution < -0.4 is 4.74 Å². The molecule has 1 atom stereocenters. The molecule has 0 aliphatic carbocycles. The fourth-order valence-corrected chi connectivity index (χ4v) is 1.95. The molecule has 2 aromatic carbocycles. The first-order chi connectivity index (χ1) is 11.1. The lowest BCUT2D eigenvalue weighted by Crippen LogP contribution is -2.25. The minimum Gasteiger partial charge on any atom is -0.479 e. The molecule has 0 bridgehead atoms. The first-order valence-electron chi connectivity index (χ1n) is 7.31. The van der Waals surface area contributed by atoms with E-state index in [1.165, 1.54) is 0 Å². The van der Waals surface area contributed by atoms with Crippen LogP contribution in [0.2, 0.25) is 5.02 Å². The Morgan fingerprint density at radius 3 is 2.43 bits per heavy atom. The minimum atomic E-state index is -0.640. The average Bonchev–Trinajstić information content (AvgIpc) is 2.56. The van der Waals surface area contributed by atoms with E-state index < -0.39 is 6.10 Å². The molecule has 1 unspecified atom stereocenters. The topological polar surface area (TPSA) is 47.9 Å². The monoisotopic (exact) mass is 331 g/mol. The third-order valence-electron chi connectivity index (χ3n) is 3.00. The lowest BCUT2D eigenvalue weighted by molar-refractivity contribution is -0.150. The summed E-state index contributed by atoms with van der Waals surface area (Å²) in [5.41, 5.74) is 1.75. The van der Waals surface area contributed by atoms with Crippen LogP contribution >= 0.6 is 11.6 Å². The Kier molecular flexibility index (Phi) is 6.18. The Bertz CT molecular complexity index is 666. The standard InChI is InChI=1S/C18H18ClNO3/c1-3-22-18(21)13(2)23-17-10-8-16(9-11-17)20-12-14-4-6-15(19)7-5-14/h4-13H,3H2,1-2H3. The van der Waals surface area contributed by atoms with E-state index in [0.717, 1.165) is 11.3 Å². The maximum absolute atomic E-state index is 11.5. The van der Waals surface area contributed by atoms with Gasteiger partial charge in [0.15, 0.2) is 6.10 Å². The number of nitrogens with zero attached hydrogens (tertiary/aromatic N) is 1. The zero-order valence-corrected chi connectivity index (χ0v) is 13.8. The lowest BCUT2D eigenvalue weighted by atomic mass is 10.2. The second kappa shape index (κ2) is 8.34. The fourth-order valence-electron chi connectivity index (χ4n) is 1.82. The van der Waals surface area contributed by atoms with Gasteiger partial charge in [0.05, 0.1) is 12.3 Å². The fraction of sp³-hybridized carbons (Fsp3) is 0.222. The Morgan fingerprint density at radius 2 is 1.83 bits per heavy atom. The summed E-state index contributed by atoms with van der Waals surface area (Å²) in [4.78, 5) is 15.9. The van der Waals surface area contributed by atoms with E-state index >= 15 is 0 Å². The number of benzene rings is 2. The van der Waals surface area contributed by atoms with E-state index in [0.29, 0.717) is 17.4 Å².